The van der Waals surface area contributed by atoms with Gasteiger partial charge in [0.15, 0.2) is 5.82 Å². The minimum absolute atomic E-state index is 0.0751. The average Bonchev–Trinajstić information content (AvgIpc) is 2.67. The number of hydrogen-bond donors (Lipinski definition) is 1. The van der Waals surface area contributed by atoms with Crippen molar-refractivity contribution >= 4 is 0 Å². The van der Waals surface area contributed by atoms with E-state index in [-0.39, 0.29) is 19.1 Å². The normalized spacial score (nSPS) is 20.9. The zero-order valence-corrected chi connectivity index (χ0v) is 11.1. The van der Waals surface area contributed by atoms with Gasteiger partial charge in [-0.05, 0) is 19.4 Å². The molecule has 5 nitrogen and oxygen atoms in total. The first-order chi connectivity index (χ1) is 9.54. The molecule has 1 atom stereocenters. The third-order valence-corrected chi connectivity index (χ3v) is 3.08. The zero-order valence-electron chi connectivity index (χ0n) is 11.1. The fourth-order valence-corrected chi connectivity index (χ4v) is 2.11. The first-order valence-electron chi connectivity index (χ1n) is 6.75. The second-order valence-corrected chi connectivity index (χ2v) is 4.82. The van der Waals surface area contributed by atoms with Crippen molar-refractivity contribution in [1.29, 1.82) is 0 Å². The van der Waals surface area contributed by atoms with Gasteiger partial charge in [-0.15, -0.1) is 0 Å². The van der Waals surface area contributed by atoms with Crippen LogP contribution in [0, 0.1) is 0 Å². The highest BCUT2D eigenvalue weighted by atomic mass is 19.4. The monoisotopic (exact) mass is 293 g/mol. The van der Waals surface area contributed by atoms with Crippen molar-refractivity contribution in [2.75, 3.05) is 19.8 Å². The standard InChI is InChI=1S/C12H18F3N3O2/c13-12(14,15)8-19-7-5-10-17-11(18-20-10)9-4-2-1-3-6-16-9/h9,16H,1-8H2. The van der Waals surface area contributed by atoms with Crippen LogP contribution in [0.3, 0.4) is 0 Å². The lowest BCUT2D eigenvalue weighted by atomic mass is 10.1. The summed E-state index contributed by atoms with van der Waals surface area (Å²) in [4.78, 5) is 4.21. The molecule has 0 aromatic carbocycles. The molecule has 1 saturated heterocycles. The maximum atomic E-state index is 11.9. The highest BCUT2D eigenvalue weighted by molar-refractivity contribution is 4.95. The van der Waals surface area contributed by atoms with Crippen LogP contribution in [0.4, 0.5) is 13.2 Å². The quantitative estimate of drug-likeness (QED) is 0.845. The van der Waals surface area contributed by atoms with Crippen LogP contribution in [0.2, 0.25) is 0 Å². The molecule has 0 aliphatic carbocycles. The maximum Gasteiger partial charge on any atom is 0.411 e. The van der Waals surface area contributed by atoms with Crippen LogP contribution in [0.5, 0.6) is 0 Å². The van der Waals surface area contributed by atoms with E-state index in [2.05, 4.69) is 20.2 Å². The molecular weight excluding hydrogens is 275 g/mol. The summed E-state index contributed by atoms with van der Waals surface area (Å²) in [6.07, 6.45) is 0.256. The van der Waals surface area contributed by atoms with Crippen molar-refractivity contribution in [1.82, 2.24) is 15.5 Å². The molecule has 1 aromatic rings. The molecular formula is C12H18F3N3O2. The molecule has 114 valence electrons. The third kappa shape index (κ3) is 5.09. The van der Waals surface area contributed by atoms with Crippen molar-refractivity contribution in [3.63, 3.8) is 0 Å². The fourth-order valence-electron chi connectivity index (χ4n) is 2.11. The highest BCUT2D eigenvalue weighted by Gasteiger charge is 2.27. The van der Waals surface area contributed by atoms with Crippen molar-refractivity contribution in [3.05, 3.63) is 11.7 Å². The first kappa shape index (κ1) is 15.2. The van der Waals surface area contributed by atoms with Gasteiger partial charge >= 0.3 is 6.18 Å². The minimum Gasteiger partial charge on any atom is -0.372 e. The number of halogens is 3. The molecule has 0 bridgehead atoms. The van der Waals surface area contributed by atoms with E-state index in [0.29, 0.717) is 11.7 Å². The Morgan fingerprint density at radius 3 is 2.95 bits per heavy atom. The van der Waals surface area contributed by atoms with Crippen molar-refractivity contribution in [2.45, 2.75) is 44.3 Å². The lowest BCUT2D eigenvalue weighted by Crippen LogP contribution is -2.21. The van der Waals surface area contributed by atoms with Gasteiger partial charge in [0.25, 0.3) is 0 Å². The van der Waals surface area contributed by atoms with E-state index >= 15 is 0 Å². The van der Waals surface area contributed by atoms with Gasteiger partial charge in [-0.2, -0.15) is 18.2 Å². The zero-order chi connectivity index (χ0) is 14.4. The van der Waals surface area contributed by atoms with E-state index in [0.717, 1.165) is 25.8 Å². The van der Waals surface area contributed by atoms with Crippen LogP contribution in [-0.4, -0.2) is 36.1 Å². The van der Waals surface area contributed by atoms with Crippen LogP contribution in [0.25, 0.3) is 0 Å². The van der Waals surface area contributed by atoms with Crippen LogP contribution in [-0.2, 0) is 11.2 Å². The predicted octanol–water partition coefficient (Wildman–Crippen LogP) is 2.40. The Bertz CT molecular complexity index is 401. The second kappa shape index (κ2) is 7.03. The molecule has 20 heavy (non-hydrogen) atoms. The Labute approximate surface area is 114 Å². The lowest BCUT2D eigenvalue weighted by molar-refractivity contribution is -0.173. The fraction of sp³-hybridized carbons (Fsp3) is 0.833. The van der Waals surface area contributed by atoms with Crippen LogP contribution >= 0.6 is 0 Å². The largest absolute Gasteiger partial charge is 0.411 e. The summed E-state index contributed by atoms with van der Waals surface area (Å²) in [6.45, 7) is -0.416. The molecule has 1 N–H and O–H groups in total. The van der Waals surface area contributed by atoms with E-state index in [1.807, 2.05) is 0 Å². The number of rotatable bonds is 5. The van der Waals surface area contributed by atoms with E-state index < -0.39 is 12.8 Å². The Hall–Kier alpha value is -1.15. The molecule has 2 rings (SSSR count). The lowest BCUT2D eigenvalue weighted by Gasteiger charge is -2.09. The Balaban J connectivity index is 1.77. The third-order valence-electron chi connectivity index (χ3n) is 3.08. The van der Waals surface area contributed by atoms with E-state index in [1.165, 1.54) is 6.42 Å². The summed E-state index contributed by atoms with van der Waals surface area (Å²) in [6, 6.07) is 0.0751. The van der Waals surface area contributed by atoms with Crippen molar-refractivity contribution in [2.24, 2.45) is 0 Å². The van der Waals surface area contributed by atoms with Gasteiger partial charge in [0.2, 0.25) is 5.89 Å². The van der Waals surface area contributed by atoms with Gasteiger partial charge < -0.3 is 14.6 Å². The number of hydrogen-bond acceptors (Lipinski definition) is 5. The van der Waals surface area contributed by atoms with Crippen LogP contribution in [0.1, 0.15) is 43.4 Å². The molecule has 1 fully saturated rings. The molecule has 1 unspecified atom stereocenters. The number of ether oxygens (including phenoxy) is 1. The molecule has 0 radical (unpaired) electrons. The number of nitrogens with zero attached hydrogens (tertiary/aromatic N) is 2. The average molecular weight is 293 g/mol. The molecule has 1 aliphatic rings. The second-order valence-electron chi connectivity index (χ2n) is 4.82. The molecule has 0 amide bonds. The van der Waals surface area contributed by atoms with Gasteiger partial charge in [0.1, 0.15) is 6.61 Å². The molecule has 1 aliphatic heterocycles. The van der Waals surface area contributed by atoms with Crippen LogP contribution in [0.15, 0.2) is 4.52 Å². The molecule has 2 heterocycles. The number of nitrogens with one attached hydrogen (secondary N) is 1. The van der Waals surface area contributed by atoms with E-state index in [4.69, 9.17) is 4.52 Å². The maximum absolute atomic E-state index is 11.9. The van der Waals surface area contributed by atoms with E-state index in [1.54, 1.807) is 0 Å². The Kier molecular flexibility index (Phi) is 5.36. The predicted molar refractivity (Wildman–Crippen MR) is 64.1 cm³/mol. The minimum atomic E-state index is -4.30. The summed E-state index contributed by atoms with van der Waals surface area (Å²) < 4.78 is 45.2. The van der Waals surface area contributed by atoms with Crippen molar-refractivity contribution < 1.29 is 22.4 Å². The summed E-state index contributed by atoms with van der Waals surface area (Å²) in [7, 11) is 0. The summed E-state index contributed by atoms with van der Waals surface area (Å²) in [5.41, 5.74) is 0. The van der Waals surface area contributed by atoms with Crippen molar-refractivity contribution in [3.8, 4) is 0 Å². The topological polar surface area (TPSA) is 60.2 Å². The molecule has 8 heteroatoms. The Morgan fingerprint density at radius 1 is 1.30 bits per heavy atom. The van der Waals surface area contributed by atoms with Crippen LogP contribution < -0.4 is 5.32 Å². The Morgan fingerprint density at radius 2 is 2.15 bits per heavy atom. The molecule has 0 saturated carbocycles. The van der Waals surface area contributed by atoms with Gasteiger partial charge in [-0.1, -0.05) is 18.0 Å². The molecule has 0 spiro atoms. The van der Waals surface area contributed by atoms with Gasteiger partial charge in [-0.25, -0.2) is 0 Å². The first-order valence-corrected chi connectivity index (χ1v) is 6.75. The molecule has 1 aromatic heterocycles. The summed E-state index contributed by atoms with van der Waals surface area (Å²) in [5.74, 6) is 0.894. The van der Waals surface area contributed by atoms with Gasteiger partial charge in [-0.3, -0.25) is 0 Å². The number of alkyl halides is 3. The smallest absolute Gasteiger partial charge is 0.372 e. The summed E-state index contributed by atoms with van der Waals surface area (Å²) >= 11 is 0. The van der Waals surface area contributed by atoms with Gasteiger partial charge in [0, 0.05) is 0 Å². The SMILES string of the molecule is FC(F)(F)COCCc1nc(C2CCCCCN2)no1. The van der Waals surface area contributed by atoms with Gasteiger partial charge in [0.05, 0.1) is 19.1 Å². The number of aromatic nitrogens is 2. The summed E-state index contributed by atoms with van der Waals surface area (Å²) in [5, 5.41) is 7.22. The van der Waals surface area contributed by atoms with E-state index in [9.17, 15) is 13.2 Å². The highest BCUT2D eigenvalue weighted by Crippen LogP contribution is 2.20.